The van der Waals surface area contributed by atoms with Crippen molar-refractivity contribution in [2.24, 2.45) is 5.92 Å². The Balaban J connectivity index is 1.43. The van der Waals surface area contributed by atoms with Gasteiger partial charge in [-0.05, 0) is 69.1 Å². The third-order valence-corrected chi connectivity index (χ3v) is 6.32. The number of rotatable bonds is 9. The number of aromatic hydroxyl groups is 1. The fourth-order valence-corrected chi connectivity index (χ4v) is 4.34. The molecule has 0 atom stereocenters. The molecule has 1 amide bonds. The van der Waals surface area contributed by atoms with Crippen LogP contribution in [-0.4, -0.2) is 45.4 Å². The maximum atomic E-state index is 14.7. The number of likely N-dealkylation sites (tertiary alicyclic amines) is 1. The molecule has 4 rings (SSSR count). The van der Waals surface area contributed by atoms with Crippen LogP contribution in [0.3, 0.4) is 0 Å². The molecule has 1 aliphatic heterocycles. The van der Waals surface area contributed by atoms with Crippen molar-refractivity contribution in [1.82, 2.24) is 14.7 Å². The molecular formula is C28H35FN4O3. The van der Waals surface area contributed by atoms with Gasteiger partial charge in [-0.2, -0.15) is 5.10 Å². The first-order valence-corrected chi connectivity index (χ1v) is 12.6. The number of nitrogens with one attached hydrogen (secondary N) is 1. The minimum Gasteiger partial charge on any atom is -0.508 e. The predicted molar refractivity (Wildman–Crippen MR) is 138 cm³/mol. The highest BCUT2D eigenvalue weighted by Crippen LogP contribution is 2.26. The van der Waals surface area contributed by atoms with Crippen LogP contribution < -0.4 is 10.1 Å². The number of benzene rings is 2. The lowest BCUT2D eigenvalue weighted by atomic mass is 10.1. The topological polar surface area (TPSA) is 79.6 Å². The summed E-state index contributed by atoms with van der Waals surface area (Å²) in [6, 6.07) is 11.4. The zero-order chi connectivity index (χ0) is 25.7. The van der Waals surface area contributed by atoms with Gasteiger partial charge in [-0.15, -0.1) is 0 Å². The zero-order valence-corrected chi connectivity index (χ0v) is 21.3. The Bertz CT molecular complexity index is 1200. The molecule has 1 fully saturated rings. The summed E-state index contributed by atoms with van der Waals surface area (Å²) >= 11 is 0. The first kappa shape index (κ1) is 25.7. The van der Waals surface area contributed by atoms with Crippen LogP contribution >= 0.6 is 0 Å². The van der Waals surface area contributed by atoms with Gasteiger partial charge >= 0.3 is 0 Å². The number of nitrogens with zero attached hydrogens (tertiary/aromatic N) is 3. The monoisotopic (exact) mass is 494 g/mol. The van der Waals surface area contributed by atoms with Crippen molar-refractivity contribution >= 4 is 11.7 Å². The Morgan fingerprint density at radius 3 is 2.58 bits per heavy atom. The highest BCUT2D eigenvalue weighted by molar-refractivity contribution is 6.03. The number of aromatic nitrogens is 2. The van der Waals surface area contributed by atoms with E-state index in [-0.39, 0.29) is 17.1 Å². The van der Waals surface area contributed by atoms with E-state index in [9.17, 15) is 14.3 Å². The fraction of sp³-hybridized carbons (Fsp3) is 0.429. The number of anilines is 1. The minimum absolute atomic E-state index is 0.144. The summed E-state index contributed by atoms with van der Waals surface area (Å²) in [7, 11) is 0. The van der Waals surface area contributed by atoms with Gasteiger partial charge in [0.15, 0.2) is 5.82 Å². The van der Waals surface area contributed by atoms with Gasteiger partial charge in [0.05, 0.1) is 13.2 Å². The quantitative estimate of drug-likeness (QED) is 0.419. The molecule has 7 nitrogen and oxygen atoms in total. The van der Waals surface area contributed by atoms with Crippen LogP contribution in [0, 0.1) is 18.7 Å². The van der Waals surface area contributed by atoms with Gasteiger partial charge < -0.3 is 15.2 Å². The number of piperidine rings is 1. The molecule has 2 aromatic carbocycles. The Morgan fingerprint density at radius 2 is 1.86 bits per heavy atom. The number of hydrogen-bond donors (Lipinski definition) is 2. The van der Waals surface area contributed by atoms with E-state index >= 15 is 0 Å². The molecule has 8 heteroatoms. The lowest BCUT2D eigenvalue weighted by Gasteiger charge is -2.26. The number of phenols is 1. The van der Waals surface area contributed by atoms with E-state index in [1.165, 1.54) is 12.5 Å². The van der Waals surface area contributed by atoms with E-state index in [1.54, 1.807) is 41.1 Å². The molecule has 1 saturated heterocycles. The Kier molecular flexibility index (Phi) is 8.25. The average molecular weight is 495 g/mol. The van der Waals surface area contributed by atoms with Crippen LogP contribution in [0.5, 0.6) is 11.5 Å². The molecule has 1 aliphatic rings. The molecule has 3 aromatic rings. The zero-order valence-electron chi connectivity index (χ0n) is 21.3. The lowest BCUT2D eigenvalue weighted by molar-refractivity contribution is 0.102. The second-order valence-electron chi connectivity index (χ2n) is 9.92. The van der Waals surface area contributed by atoms with Gasteiger partial charge in [0.1, 0.15) is 17.3 Å². The molecule has 36 heavy (non-hydrogen) atoms. The van der Waals surface area contributed by atoms with Gasteiger partial charge in [0.25, 0.3) is 5.91 Å². The van der Waals surface area contributed by atoms with Gasteiger partial charge in [-0.25, -0.2) is 4.39 Å². The standard InChI is InChI=1S/C28H35FN4O3/c1-19(2)18-36-26-10-9-24(34)14-23(26)17-33-20(3)13-27(31-33)30-28(35)21-7-8-22(25(29)15-21)16-32-11-5-4-6-12-32/h7-10,13-15,19,34H,4-6,11-12,16-18H2,1-3H3,(H,30,31,35). The average Bonchev–Trinajstić information content (AvgIpc) is 3.18. The SMILES string of the molecule is Cc1cc(NC(=O)c2ccc(CN3CCCCC3)c(F)c2)nn1Cc1cc(O)ccc1OCC(C)C. The van der Waals surface area contributed by atoms with Crippen LogP contribution in [0.25, 0.3) is 0 Å². The number of amides is 1. The number of ether oxygens (including phenoxy) is 1. The van der Waals surface area contributed by atoms with E-state index in [0.29, 0.717) is 42.7 Å². The third-order valence-electron chi connectivity index (χ3n) is 6.32. The van der Waals surface area contributed by atoms with Crippen LogP contribution in [-0.2, 0) is 13.1 Å². The second kappa shape index (κ2) is 11.6. The molecule has 1 aromatic heterocycles. The van der Waals surface area contributed by atoms with Crippen molar-refractivity contribution in [2.75, 3.05) is 25.0 Å². The first-order chi connectivity index (χ1) is 17.3. The van der Waals surface area contributed by atoms with Gasteiger partial charge in [-0.1, -0.05) is 26.3 Å². The van der Waals surface area contributed by atoms with Crippen LogP contribution in [0.1, 0.15) is 60.3 Å². The lowest BCUT2D eigenvalue weighted by Crippen LogP contribution is -2.29. The molecule has 0 bridgehead atoms. The summed E-state index contributed by atoms with van der Waals surface area (Å²) in [5, 5.41) is 17.2. The largest absolute Gasteiger partial charge is 0.508 e. The number of halogens is 1. The van der Waals surface area contributed by atoms with Crippen molar-refractivity contribution in [3.63, 3.8) is 0 Å². The van der Waals surface area contributed by atoms with Gasteiger partial charge in [-0.3, -0.25) is 14.4 Å². The Morgan fingerprint density at radius 1 is 1.08 bits per heavy atom. The highest BCUT2D eigenvalue weighted by Gasteiger charge is 2.16. The smallest absolute Gasteiger partial charge is 0.256 e. The molecule has 0 radical (unpaired) electrons. The Hall–Kier alpha value is -3.39. The van der Waals surface area contributed by atoms with E-state index in [1.807, 2.05) is 6.92 Å². The van der Waals surface area contributed by atoms with Crippen LogP contribution in [0.2, 0.25) is 0 Å². The first-order valence-electron chi connectivity index (χ1n) is 12.6. The number of aryl methyl sites for hydroxylation is 1. The van der Waals surface area contributed by atoms with Crippen molar-refractivity contribution in [3.8, 4) is 11.5 Å². The molecule has 2 N–H and O–H groups in total. The maximum Gasteiger partial charge on any atom is 0.256 e. The predicted octanol–water partition coefficient (Wildman–Crippen LogP) is 5.36. The Labute approximate surface area is 211 Å². The molecule has 2 heterocycles. The van der Waals surface area contributed by atoms with Crippen molar-refractivity contribution in [3.05, 3.63) is 70.7 Å². The number of hydrogen-bond acceptors (Lipinski definition) is 5. The minimum atomic E-state index is -0.415. The van der Waals surface area contributed by atoms with Crippen molar-refractivity contribution in [1.29, 1.82) is 0 Å². The number of carbonyl (C=O) groups is 1. The van der Waals surface area contributed by atoms with E-state index in [4.69, 9.17) is 4.74 Å². The van der Waals surface area contributed by atoms with Crippen molar-refractivity contribution < 1.29 is 19.0 Å². The van der Waals surface area contributed by atoms with E-state index < -0.39 is 5.91 Å². The van der Waals surface area contributed by atoms with Crippen LogP contribution in [0.15, 0.2) is 42.5 Å². The highest BCUT2D eigenvalue weighted by atomic mass is 19.1. The number of phenolic OH excluding ortho intramolecular Hbond substituents is 1. The maximum absolute atomic E-state index is 14.7. The molecule has 0 spiro atoms. The fourth-order valence-electron chi connectivity index (χ4n) is 4.34. The summed E-state index contributed by atoms with van der Waals surface area (Å²) in [6.45, 7) is 9.48. The van der Waals surface area contributed by atoms with Gasteiger partial charge in [0, 0.05) is 35.0 Å². The number of carbonyl (C=O) groups excluding carboxylic acids is 1. The summed E-state index contributed by atoms with van der Waals surface area (Å²) in [5.41, 5.74) is 2.47. The van der Waals surface area contributed by atoms with Gasteiger partial charge in [0.2, 0.25) is 0 Å². The second-order valence-corrected chi connectivity index (χ2v) is 9.92. The molecule has 0 unspecified atom stereocenters. The molecule has 192 valence electrons. The summed E-state index contributed by atoms with van der Waals surface area (Å²) in [6.07, 6.45) is 3.52. The van der Waals surface area contributed by atoms with Crippen LogP contribution in [0.4, 0.5) is 10.2 Å². The molecule has 0 saturated carbocycles. The third kappa shape index (κ3) is 6.63. The summed E-state index contributed by atoms with van der Waals surface area (Å²) < 4.78 is 22.4. The normalized spacial score (nSPS) is 14.2. The van der Waals surface area contributed by atoms with E-state index in [2.05, 4.69) is 29.2 Å². The van der Waals surface area contributed by atoms with Crippen molar-refractivity contribution in [2.45, 2.75) is 53.1 Å². The summed E-state index contributed by atoms with van der Waals surface area (Å²) in [4.78, 5) is 15.1. The van der Waals surface area contributed by atoms with E-state index in [0.717, 1.165) is 37.2 Å². The molecular weight excluding hydrogens is 459 g/mol. The summed E-state index contributed by atoms with van der Waals surface area (Å²) in [5.74, 6) is 0.783. The molecule has 0 aliphatic carbocycles.